The predicted molar refractivity (Wildman–Crippen MR) is 64.4 cm³/mol. The first kappa shape index (κ1) is 15.6. The zero-order valence-corrected chi connectivity index (χ0v) is 11.6. The number of methoxy groups -OCH3 is 1. The van der Waals surface area contributed by atoms with E-state index in [4.69, 9.17) is 25.4 Å². The Morgan fingerprint density at radius 2 is 1.81 bits per heavy atom. The van der Waals surface area contributed by atoms with Crippen LogP contribution in [0.25, 0.3) is 0 Å². The van der Waals surface area contributed by atoms with Gasteiger partial charge in [-0.05, 0) is 20.8 Å². The van der Waals surface area contributed by atoms with E-state index in [9.17, 15) is 4.79 Å². The Labute approximate surface area is 101 Å². The van der Waals surface area contributed by atoms with Gasteiger partial charge < -0.3 is 9.26 Å². The minimum Gasteiger partial charge on any atom is -0.466 e. The molecule has 94 valence electrons. The first-order chi connectivity index (χ1) is 7.47. The number of carbonyl (C=O) groups is 1. The van der Waals surface area contributed by atoms with Crippen LogP contribution in [0.15, 0.2) is 11.8 Å². The van der Waals surface area contributed by atoms with Gasteiger partial charge in [-0.25, -0.2) is 4.79 Å². The van der Waals surface area contributed by atoms with E-state index >= 15 is 0 Å². The molecule has 0 aliphatic carbocycles. The van der Waals surface area contributed by atoms with Crippen LogP contribution < -0.4 is 0 Å². The van der Waals surface area contributed by atoms with Gasteiger partial charge in [0.05, 0.1) is 26.4 Å². The highest BCUT2D eigenvalue weighted by Crippen LogP contribution is 2.51. The molecule has 0 aromatic carbocycles. The van der Waals surface area contributed by atoms with Crippen LogP contribution in [-0.4, -0.2) is 26.3 Å². The number of ether oxygens (including phenoxy) is 1. The molecule has 7 heteroatoms. The highest BCUT2D eigenvalue weighted by Gasteiger charge is 2.21. The molecule has 0 atom stereocenters. The monoisotopic (exact) mass is 268 g/mol. The number of allylic oxidation sites excluding steroid dienone is 1. The third-order valence-electron chi connectivity index (χ3n) is 1.35. The zero-order valence-electron chi connectivity index (χ0n) is 9.89. The molecule has 0 rings (SSSR count). The molecule has 0 spiro atoms. The summed E-state index contributed by atoms with van der Waals surface area (Å²) >= 11 is 5.12. The van der Waals surface area contributed by atoms with Crippen molar-refractivity contribution in [3.63, 3.8) is 0 Å². The normalized spacial score (nSPS) is 12.4. The van der Waals surface area contributed by atoms with Gasteiger partial charge in [0.25, 0.3) is 0 Å². The lowest BCUT2D eigenvalue weighted by atomic mass is 10.5. The second kappa shape index (κ2) is 7.79. The molecule has 0 heterocycles. The molecule has 0 fully saturated rings. The first-order valence-corrected chi connectivity index (χ1v) is 7.38. The van der Waals surface area contributed by atoms with Crippen molar-refractivity contribution in [1.29, 1.82) is 0 Å². The van der Waals surface area contributed by atoms with Gasteiger partial charge in [-0.15, -0.1) is 0 Å². The minimum atomic E-state index is -2.78. The van der Waals surface area contributed by atoms with Gasteiger partial charge >= 0.3 is 12.7 Å². The van der Waals surface area contributed by atoms with E-state index in [0.29, 0.717) is 19.0 Å². The largest absolute Gasteiger partial charge is 0.466 e. The van der Waals surface area contributed by atoms with Crippen LogP contribution in [0.2, 0.25) is 0 Å². The molecule has 0 aromatic rings. The summed E-state index contributed by atoms with van der Waals surface area (Å²) in [5, 5.41) is 0. The van der Waals surface area contributed by atoms with Crippen LogP contribution in [0.1, 0.15) is 20.8 Å². The van der Waals surface area contributed by atoms with Gasteiger partial charge in [0.15, 0.2) is 0 Å². The van der Waals surface area contributed by atoms with E-state index in [1.807, 2.05) is 0 Å². The second-order valence-electron chi connectivity index (χ2n) is 2.65. The lowest BCUT2D eigenvalue weighted by molar-refractivity contribution is -0.135. The first-order valence-electron chi connectivity index (χ1n) is 4.82. The summed E-state index contributed by atoms with van der Waals surface area (Å²) < 4.78 is 20.3. The standard InChI is InChI=1S/C9H17O5PS/c1-5-12-15(16,13-6-2)14-8(3)7-9(10)11-4/h7H,5-6H2,1-4H3/b8-7+. The van der Waals surface area contributed by atoms with E-state index in [-0.39, 0.29) is 0 Å². The van der Waals surface area contributed by atoms with E-state index < -0.39 is 12.7 Å². The van der Waals surface area contributed by atoms with Crippen molar-refractivity contribution in [2.45, 2.75) is 20.8 Å². The molecule has 0 aromatic heterocycles. The van der Waals surface area contributed by atoms with Gasteiger partial charge in [-0.3, -0.25) is 9.05 Å². The van der Waals surface area contributed by atoms with E-state index in [0.717, 1.165) is 0 Å². The van der Waals surface area contributed by atoms with Crippen molar-refractivity contribution in [2.75, 3.05) is 20.3 Å². The van der Waals surface area contributed by atoms with E-state index in [1.54, 1.807) is 20.8 Å². The summed E-state index contributed by atoms with van der Waals surface area (Å²) in [6.45, 7) is 3.18. The number of rotatable bonds is 7. The van der Waals surface area contributed by atoms with Crippen LogP contribution in [0.4, 0.5) is 0 Å². The van der Waals surface area contributed by atoms with Crippen molar-refractivity contribution >= 4 is 24.5 Å². The maximum atomic E-state index is 10.9. The summed E-state index contributed by atoms with van der Waals surface area (Å²) in [5.74, 6) is -0.191. The van der Waals surface area contributed by atoms with Gasteiger partial charge in [-0.2, -0.15) is 0 Å². The highest BCUT2D eigenvalue weighted by molar-refractivity contribution is 8.07. The fraction of sp³-hybridized carbons (Fsp3) is 0.667. The van der Waals surface area contributed by atoms with Crippen molar-refractivity contribution in [1.82, 2.24) is 0 Å². The fourth-order valence-electron chi connectivity index (χ4n) is 0.834. The molecule has 0 aliphatic heterocycles. The van der Waals surface area contributed by atoms with E-state index in [1.165, 1.54) is 13.2 Å². The number of esters is 1. The summed E-state index contributed by atoms with van der Waals surface area (Å²) in [7, 11) is 1.29. The lowest BCUT2D eigenvalue weighted by Gasteiger charge is -2.21. The smallest absolute Gasteiger partial charge is 0.380 e. The molecule has 0 saturated heterocycles. The Morgan fingerprint density at radius 3 is 2.19 bits per heavy atom. The SMILES string of the molecule is CCOP(=S)(OCC)O/C(C)=C/C(=O)OC. The van der Waals surface area contributed by atoms with Crippen LogP contribution >= 0.6 is 6.72 Å². The molecule has 0 amide bonds. The molecule has 0 unspecified atom stereocenters. The highest BCUT2D eigenvalue weighted by atomic mass is 32.5. The van der Waals surface area contributed by atoms with Gasteiger partial charge in [0, 0.05) is 11.8 Å². The molecule has 0 bridgehead atoms. The molecule has 0 N–H and O–H groups in total. The number of hydrogen-bond donors (Lipinski definition) is 0. The average Bonchev–Trinajstić information content (AvgIpc) is 2.17. The Balaban J connectivity index is 4.57. The Bertz CT molecular complexity index is 292. The van der Waals surface area contributed by atoms with Crippen molar-refractivity contribution in [3.05, 3.63) is 11.8 Å². The van der Waals surface area contributed by atoms with Crippen LogP contribution in [0.3, 0.4) is 0 Å². The Kier molecular flexibility index (Phi) is 7.58. The molecule has 5 nitrogen and oxygen atoms in total. The van der Waals surface area contributed by atoms with Crippen LogP contribution in [0.5, 0.6) is 0 Å². The van der Waals surface area contributed by atoms with Gasteiger partial charge in [0.1, 0.15) is 5.76 Å². The second-order valence-corrected chi connectivity index (χ2v) is 5.59. The maximum Gasteiger partial charge on any atom is 0.380 e. The molecule has 0 radical (unpaired) electrons. The quantitative estimate of drug-likeness (QED) is 0.306. The molecule has 16 heavy (non-hydrogen) atoms. The third-order valence-corrected chi connectivity index (χ3v) is 3.87. The van der Waals surface area contributed by atoms with Crippen molar-refractivity contribution in [2.24, 2.45) is 0 Å². The van der Waals surface area contributed by atoms with E-state index in [2.05, 4.69) is 4.74 Å². The van der Waals surface area contributed by atoms with Crippen molar-refractivity contribution in [3.8, 4) is 0 Å². The Morgan fingerprint density at radius 1 is 1.31 bits per heavy atom. The summed E-state index contributed by atoms with van der Waals surface area (Å²) in [4.78, 5) is 10.9. The van der Waals surface area contributed by atoms with Crippen LogP contribution in [0, 0.1) is 0 Å². The topological polar surface area (TPSA) is 54.0 Å². The lowest BCUT2D eigenvalue weighted by Crippen LogP contribution is -2.01. The molecule has 0 aliphatic rings. The zero-order chi connectivity index (χ0) is 12.6. The maximum absolute atomic E-state index is 10.9. The number of hydrogen-bond acceptors (Lipinski definition) is 6. The number of carbonyl (C=O) groups excluding carboxylic acids is 1. The van der Waals surface area contributed by atoms with Crippen LogP contribution in [-0.2, 0) is 34.9 Å². The summed E-state index contributed by atoms with van der Waals surface area (Å²) in [6.07, 6.45) is 1.19. The predicted octanol–water partition coefficient (Wildman–Crippen LogP) is 2.38. The Hall–Kier alpha value is -0.420. The van der Waals surface area contributed by atoms with Crippen molar-refractivity contribution < 1.29 is 23.1 Å². The molecular formula is C9H17O5PS. The summed E-state index contributed by atoms with van der Waals surface area (Å²) in [5.41, 5.74) is 0. The summed E-state index contributed by atoms with van der Waals surface area (Å²) in [6, 6.07) is 0. The average molecular weight is 268 g/mol. The third kappa shape index (κ3) is 6.23. The van der Waals surface area contributed by atoms with Gasteiger partial charge in [-0.1, -0.05) is 0 Å². The molecular weight excluding hydrogens is 251 g/mol. The molecule has 0 saturated carbocycles. The minimum absolute atomic E-state index is 0.317. The fourth-order valence-corrected chi connectivity index (χ4v) is 3.04. The van der Waals surface area contributed by atoms with Gasteiger partial charge in [0.2, 0.25) is 0 Å².